The second-order valence-corrected chi connectivity index (χ2v) is 5.69. The minimum Gasteiger partial charge on any atom is -0.485 e. The number of hydrogen-bond acceptors (Lipinski definition) is 3. The highest BCUT2D eigenvalue weighted by Gasteiger charge is 2.28. The summed E-state index contributed by atoms with van der Waals surface area (Å²) in [5.41, 5.74) is 2.36. The van der Waals surface area contributed by atoms with Crippen LogP contribution in [-0.4, -0.2) is 18.6 Å². The summed E-state index contributed by atoms with van der Waals surface area (Å²) in [6, 6.07) is 15.6. The van der Waals surface area contributed by atoms with Crippen LogP contribution < -0.4 is 14.8 Å². The zero-order valence-corrected chi connectivity index (χ0v) is 13.4. The quantitative estimate of drug-likeness (QED) is 0.943. The van der Waals surface area contributed by atoms with E-state index >= 15 is 0 Å². The molecule has 1 aliphatic heterocycles. The van der Waals surface area contributed by atoms with Gasteiger partial charge in [-0.1, -0.05) is 43.3 Å². The largest absolute Gasteiger partial charge is 0.485 e. The number of hydrogen-bond donors (Lipinski definition) is 1. The molecule has 0 aromatic heterocycles. The van der Waals surface area contributed by atoms with E-state index in [1.165, 1.54) is 5.56 Å². The Morgan fingerprint density at radius 1 is 1.17 bits per heavy atom. The lowest BCUT2D eigenvalue weighted by molar-refractivity contribution is -0.131. The van der Waals surface area contributed by atoms with E-state index in [9.17, 15) is 4.79 Å². The van der Waals surface area contributed by atoms with Crippen molar-refractivity contribution in [3.05, 3.63) is 59.7 Å². The molecule has 3 rings (SSSR count). The van der Waals surface area contributed by atoms with E-state index in [4.69, 9.17) is 9.47 Å². The van der Waals surface area contributed by atoms with Crippen LogP contribution in [0.25, 0.3) is 0 Å². The molecule has 0 unspecified atom stereocenters. The van der Waals surface area contributed by atoms with Gasteiger partial charge in [0.05, 0.1) is 6.04 Å². The van der Waals surface area contributed by atoms with Crippen LogP contribution in [0.5, 0.6) is 11.5 Å². The summed E-state index contributed by atoms with van der Waals surface area (Å²) in [7, 11) is 0. The maximum Gasteiger partial charge on any atom is 0.265 e. The number of rotatable bonds is 4. The van der Waals surface area contributed by atoms with Crippen molar-refractivity contribution in [3.63, 3.8) is 0 Å². The molecule has 1 amide bonds. The van der Waals surface area contributed by atoms with Gasteiger partial charge in [0, 0.05) is 0 Å². The van der Waals surface area contributed by atoms with Crippen molar-refractivity contribution in [2.75, 3.05) is 6.61 Å². The summed E-state index contributed by atoms with van der Waals surface area (Å²) in [5, 5.41) is 2.99. The highest BCUT2D eigenvalue weighted by molar-refractivity contribution is 5.82. The van der Waals surface area contributed by atoms with Gasteiger partial charge in [0.2, 0.25) is 6.10 Å². The number of aryl methyl sites for hydroxylation is 1. The fourth-order valence-electron chi connectivity index (χ4n) is 2.58. The van der Waals surface area contributed by atoms with Gasteiger partial charge in [-0.15, -0.1) is 0 Å². The van der Waals surface area contributed by atoms with E-state index in [2.05, 4.69) is 36.5 Å². The molecule has 1 heterocycles. The van der Waals surface area contributed by atoms with Crippen molar-refractivity contribution >= 4 is 5.91 Å². The van der Waals surface area contributed by atoms with Crippen LogP contribution in [0, 0.1) is 0 Å². The average molecular weight is 311 g/mol. The van der Waals surface area contributed by atoms with Gasteiger partial charge in [-0.25, -0.2) is 0 Å². The third kappa shape index (κ3) is 3.47. The van der Waals surface area contributed by atoms with E-state index in [0.29, 0.717) is 11.5 Å². The summed E-state index contributed by atoms with van der Waals surface area (Å²) in [6.07, 6.45) is 0.385. The monoisotopic (exact) mass is 311 g/mol. The first-order valence-corrected chi connectivity index (χ1v) is 7.95. The Morgan fingerprint density at radius 2 is 1.87 bits per heavy atom. The minimum atomic E-state index is -0.623. The van der Waals surface area contributed by atoms with Crippen LogP contribution in [0.4, 0.5) is 0 Å². The topological polar surface area (TPSA) is 47.6 Å². The summed E-state index contributed by atoms with van der Waals surface area (Å²) in [6.45, 7) is 4.32. The Bertz CT molecular complexity index is 681. The molecular weight excluding hydrogens is 290 g/mol. The van der Waals surface area contributed by atoms with E-state index in [1.54, 1.807) is 0 Å². The highest BCUT2D eigenvalue weighted by Crippen LogP contribution is 2.31. The highest BCUT2D eigenvalue weighted by atomic mass is 16.6. The SMILES string of the molecule is CCc1ccc([C@@H](C)NC(=O)[C@@H]2COc3ccccc3O2)cc1. The molecule has 0 aliphatic carbocycles. The Morgan fingerprint density at radius 3 is 2.57 bits per heavy atom. The van der Waals surface area contributed by atoms with Gasteiger partial charge >= 0.3 is 0 Å². The lowest BCUT2D eigenvalue weighted by atomic mass is 10.0. The zero-order valence-electron chi connectivity index (χ0n) is 13.4. The molecule has 2 aromatic carbocycles. The molecule has 2 aromatic rings. The van der Waals surface area contributed by atoms with Gasteiger partial charge in [-0.2, -0.15) is 0 Å². The molecule has 0 spiro atoms. The van der Waals surface area contributed by atoms with E-state index in [-0.39, 0.29) is 18.6 Å². The molecule has 4 nitrogen and oxygen atoms in total. The maximum atomic E-state index is 12.4. The van der Waals surface area contributed by atoms with Crippen LogP contribution in [0.15, 0.2) is 48.5 Å². The Kier molecular flexibility index (Phi) is 4.51. The van der Waals surface area contributed by atoms with Crippen molar-refractivity contribution in [3.8, 4) is 11.5 Å². The van der Waals surface area contributed by atoms with Crippen molar-refractivity contribution in [2.24, 2.45) is 0 Å². The number of carbonyl (C=O) groups excluding carboxylic acids is 1. The van der Waals surface area contributed by atoms with Gasteiger partial charge in [0.25, 0.3) is 5.91 Å². The molecule has 0 fully saturated rings. The molecular formula is C19H21NO3. The number of carbonyl (C=O) groups is 1. The smallest absolute Gasteiger partial charge is 0.265 e. The molecule has 120 valence electrons. The minimum absolute atomic E-state index is 0.0748. The van der Waals surface area contributed by atoms with E-state index in [0.717, 1.165) is 12.0 Å². The number of benzene rings is 2. The van der Waals surface area contributed by atoms with Crippen LogP contribution in [-0.2, 0) is 11.2 Å². The zero-order chi connectivity index (χ0) is 16.2. The number of para-hydroxylation sites is 2. The van der Waals surface area contributed by atoms with Crippen LogP contribution in [0.1, 0.15) is 31.0 Å². The van der Waals surface area contributed by atoms with Gasteiger partial charge in [-0.3, -0.25) is 4.79 Å². The standard InChI is InChI=1S/C19H21NO3/c1-3-14-8-10-15(11-9-14)13(2)20-19(21)18-12-22-16-6-4-5-7-17(16)23-18/h4-11,13,18H,3,12H2,1-2H3,(H,20,21)/t13-,18+/m1/s1. The number of amides is 1. The predicted octanol–water partition coefficient (Wildman–Crippen LogP) is 3.27. The lowest BCUT2D eigenvalue weighted by Crippen LogP contribution is -2.44. The first-order valence-electron chi connectivity index (χ1n) is 7.95. The normalized spacial score (nSPS) is 17.4. The number of ether oxygens (including phenoxy) is 2. The third-order valence-corrected chi connectivity index (χ3v) is 4.05. The van der Waals surface area contributed by atoms with Crippen molar-refractivity contribution in [1.29, 1.82) is 0 Å². The summed E-state index contributed by atoms with van der Waals surface area (Å²) in [4.78, 5) is 12.4. The molecule has 0 bridgehead atoms. The summed E-state index contributed by atoms with van der Waals surface area (Å²) >= 11 is 0. The fourth-order valence-corrected chi connectivity index (χ4v) is 2.58. The maximum absolute atomic E-state index is 12.4. The molecule has 0 radical (unpaired) electrons. The molecule has 23 heavy (non-hydrogen) atoms. The summed E-state index contributed by atoms with van der Waals surface area (Å²) in [5.74, 6) is 1.13. The van der Waals surface area contributed by atoms with Crippen molar-refractivity contribution < 1.29 is 14.3 Å². The van der Waals surface area contributed by atoms with Crippen LogP contribution >= 0.6 is 0 Å². The van der Waals surface area contributed by atoms with Crippen molar-refractivity contribution in [2.45, 2.75) is 32.4 Å². The van der Waals surface area contributed by atoms with Crippen LogP contribution in [0.3, 0.4) is 0 Å². The van der Waals surface area contributed by atoms with Gasteiger partial charge in [0.15, 0.2) is 11.5 Å². The Hall–Kier alpha value is -2.49. The molecule has 2 atom stereocenters. The van der Waals surface area contributed by atoms with Gasteiger partial charge in [0.1, 0.15) is 6.61 Å². The van der Waals surface area contributed by atoms with Crippen molar-refractivity contribution in [1.82, 2.24) is 5.32 Å². The second-order valence-electron chi connectivity index (χ2n) is 5.69. The lowest BCUT2D eigenvalue weighted by Gasteiger charge is -2.26. The Labute approximate surface area is 136 Å². The third-order valence-electron chi connectivity index (χ3n) is 4.05. The molecule has 1 aliphatic rings. The van der Waals surface area contributed by atoms with Crippen LogP contribution in [0.2, 0.25) is 0 Å². The first kappa shape index (κ1) is 15.4. The Balaban J connectivity index is 1.62. The van der Waals surface area contributed by atoms with E-state index in [1.807, 2.05) is 31.2 Å². The predicted molar refractivity (Wildman–Crippen MR) is 88.7 cm³/mol. The fraction of sp³-hybridized carbons (Fsp3) is 0.316. The molecule has 0 saturated heterocycles. The van der Waals surface area contributed by atoms with Gasteiger partial charge < -0.3 is 14.8 Å². The van der Waals surface area contributed by atoms with E-state index < -0.39 is 6.10 Å². The first-order chi connectivity index (χ1) is 11.2. The molecule has 0 saturated carbocycles. The average Bonchev–Trinajstić information content (AvgIpc) is 2.61. The second kappa shape index (κ2) is 6.73. The molecule has 4 heteroatoms. The van der Waals surface area contributed by atoms with Gasteiger partial charge in [-0.05, 0) is 36.6 Å². The summed E-state index contributed by atoms with van der Waals surface area (Å²) < 4.78 is 11.3. The number of nitrogens with one attached hydrogen (secondary N) is 1. The molecule has 1 N–H and O–H groups in total. The number of fused-ring (bicyclic) bond motifs is 1.